The maximum Gasteiger partial charge on any atom is 0.321 e. The van der Waals surface area contributed by atoms with Gasteiger partial charge in [0.15, 0.2) is 0 Å². The molecule has 134 valence electrons. The van der Waals surface area contributed by atoms with Gasteiger partial charge in [-0.3, -0.25) is 14.5 Å². The summed E-state index contributed by atoms with van der Waals surface area (Å²) in [6.07, 6.45) is 0.373. The van der Waals surface area contributed by atoms with E-state index in [0.29, 0.717) is 36.4 Å². The minimum Gasteiger partial charge on any atom is -0.336 e. The molecule has 7 heteroatoms. The van der Waals surface area contributed by atoms with E-state index in [1.54, 1.807) is 60.4 Å². The summed E-state index contributed by atoms with van der Waals surface area (Å²) in [5.41, 5.74) is 2.44. The van der Waals surface area contributed by atoms with Crippen LogP contribution in [0.2, 0.25) is 0 Å². The number of amides is 4. The predicted octanol–water partition coefficient (Wildman–Crippen LogP) is 2.82. The Morgan fingerprint density at radius 3 is 2.50 bits per heavy atom. The third-order valence-corrected chi connectivity index (χ3v) is 4.02. The van der Waals surface area contributed by atoms with Gasteiger partial charge in [0, 0.05) is 42.1 Å². The highest BCUT2D eigenvalue weighted by molar-refractivity contribution is 6.05. The molecular weight excluding hydrogens is 332 g/mol. The molecule has 4 amide bonds. The fourth-order valence-electron chi connectivity index (χ4n) is 2.63. The molecule has 1 heterocycles. The van der Waals surface area contributed by atoms with Crippen LogP contribution >= 0.6 is 0 Å². The molecule has 1 aliphatic heterocycles. The van der Waals surface area contributed by atoms with Gasteiger partial charge in [0.05, 0.1) is 0 Å². The summed E-state index contributed by atoms with van der Waals surface area (Å²) in [4.78, 5) is 37.2. The quantitative estimate of drug-likeness (QED) is 0.773. The summed E-state index contributed by atoms with van der Waals surface area (Å²) in [6.45, 7) is 3.02. The maximum absolute atomic E-state index is 12.4. The molecule has 0 aromatic heterocycles. The molecule has 2 aromatic rings. The number of benzene rings is 2. The topological polar surface area (TPSA) is 90.5 Å². The monoisotopic (exact) mass is 352 g/mol. The number of hydrogen-bond donors (Lipinski definition) is 3. The average Bonchev–Trinajstić information content (AvgIpc) is 3.08. The zero-order valence-electron chi connectivity index (χ0n) is 14.4. The Hall–Kier alpha value is -3.35. The van der Waals surface area contributed by atoms with Gasteiger partial charge in [-0.2, -0.15) is 0 Å². The van der Waals surface area contributed by atoms with E-state index in [1.165, 1.54) is 0 Å². The molecule has 26 heavy (non-hydrogen) atoms. The minimum absolute atomic E-state index is 0.107. The van der Waals surface area contributed by atoms with E-state index >= 15 is 0 Å². The molecule has 3 rings (SSSR count). The zero-order valence-corrected chi connectivity index (χ0v) is 14.4. The van der Waals surface area contributed by atoms with E-state index in [-0.39, 0.29) is 17.8 Å². The van der Waals surface area contributed by atoms with Crippen molar-refractivity contribution in [3.63, 3.8) is 0 Å². The first-order chi connectivity index (χ1) is 12.6. The molecule has 1 fully saturated rings. The van der Waals surface area contributed by atoms with E-state index in [0.717, 1.165) is 5.69 Å². The summed E-state index contributed by atoms with van der Waals surface area (Å²) < 4.78 is 0. The fourth-order valence-corrected chi connectivity index (χ4v) is 2.63. The van der Waals surface area contributed by atoms with Crippen LogP contribution in [0.1, 0.15) is 23.7 Å². The first-order valence-corrected chi connectivity index (χ1v) is 8.43. The van der Waals surface area contributed by atoms with E-state index in [4.69, 9.17) is 0 Å². The van der Waals surface area contributed by atoms with Crippen LogP contribution in [-0.4, -0.2) is 30.9 Å². The fraction of sp³-hybridized carbons (Fsp3) is 0.211. The Morgan fingerprint density at radius 1 is 1.08 bits per heavy atom. The van der Waals surface area contributed by atoms with Crippen molar-refractivity contribution in [1.29, 1.82) is 0 Å². The normalized spacial score (nSPS) is 13.3. The van der Waals surface area contributed by atoms with Gasteiger partial charge in [-0.1, -0.05) is 13.0 Å². The number of urea groups is 1. The van der Waals surface area contributed by atoms with Crippen molar-refractivity contribution >= 4 is 34.9 Å². The van der Waals surface area contributed by atoms with Crippen LogP contribution in [0.3, 0.4) is 0 Å². The molecule has 0 aliphatic carbocycles. The number of nitrogens with one attached hydrogen (secondary N) is 3. The Balaban J connectivity index is 1.67. The molecule has 0 unspecified atom stereocenters. The average molecular weight is 352 g/mol. The number of carbonyl (C=O) groups is 3. The van der Waals surface area contributed by atoms with Crippen molar-refractivity contribution in [3.8, 4) is 0 Å². The van der Waals surface area contributed by atoms with Gasteiger partial charge in [-0.15, -0.1) is 0 Å². The van der Waals surface area contributed by atoms with Crippen LogP contribution in [0.15, 0.2) is 48.5 Å². The highest BCUT2D eigenvalue weighted by Gasteiger charge is 2.20. The van der Waals surface area contributed by atoms with Crippen molar-refractivity contribution < 1.29 is 14.4 Å². The van der Waals surface area contributed by atoms with Crippen molar-refractivity contribution in [2.45, 2.75) is 13.3 Å². The Labute approximate surface area is 151 Å². The van der Waals surface area contributed by atoms with Crippen molar-refractivity contribution in [2.75, 3.05) is 28.6 Å². The van der Waals surface area contributed by atoms with E-state index < -0.39 is 0 Å². The van der Waals surface area contributed by atoms with Crippen LogP contribution in [0.25, 0.3) is 0 Å². The van der Waals surface area contributed by atoms with Crippen LogP contribution < -0.4 is 20.9 Å². The molecule has 1 aliphatic rings. The Kier molecular flexibility index (Phi) is 5.17. The Bertz CT molecular complexity index is 833. The number of nitrogens with zero attached hydrogens (tertiary/aromatic N) is 1. The standard InChI is InChI=1S/C19H20N4O3/c1-2-17(24)21-15-5-3-4-13(12-15)18(25)22-14-6-8-16(9-7-14)23-11-10-20-19(23)26/h3-9,12H,2,10-11H2,1H3,(H,20,26)(H,21,24)(H,22,25). The van der Waals surface area contributed by atoms with Gasteiger partial charge in [-0.05, 0) is 42.5 Å². The van der Waals surface area contributed by atoms with Crippen LogP contribution in [-0.2, 0) is 4.79 Å². The van der Waals surface area contributed by atoms with Gasteiger partial charge < -0.3 is 16.0 Å². The van der Waals surface area contributed by atoms with Crippen LogP contribution in [0.4, 0.5) is 21.9 Å². The first kappa shape index (κ1) is 17.5. The number of hydrogen-bond acceptors (Lipinski definition) is 3. The molecule has 1 saturated heterocycles. The van der Waals surface area contributed by atoms with Gasteiger partial charge in [0.25, 0.3) is 5.91 Å². The molecule has 2 aromatic carbocycles. The van der Waals surface area contributed by atoms with Crippen molar-refractivity contribution in [2.24, 2.45) is 0 Å². The van der Waals surface area contributed by atoms with Crippen LogP contribution in [0.5, 0.6) is 0 Å². The van der Waals surface area contributed by atoms with Gasteiger partial charge >= 0.3 is 6.03 Å². The third kappa shape index (κ3) is 4.00. The van der Waals surface area contributed by atoms with Gasteiger partial charge in [-0.25, -0.2) is 4.79 Å². The first-order valence-electron chi connectivity index (χ1n) is 8.43. The molecule has 0 atom stereocenters. The van der Waals surface area contributed by atoms with Gasteiger partial charge in [0.1, 0.15) is 0 Å². The third-order valence-electron chi connectivity index (χ3n) is 4.02. The summed E-state index contributed by atoms with van der Waals surface area (Å²) >= 11 is 0. The number of rotatable bonds is 5. The van der Waals surface area contributed by atoms with E-state index in [1.807, 2.05) is 0 Å². The van der Waals surface area contributed by atoms with Crippen molar-refractivity contribution in [3.05, 3.63) is 54.1 Å². The SMILES string of the molecule is CCC(=O)Nc1cccc(C(=O)Nc2ccc(N3CCNC3=O)cc2)c1. The largest absolute Gasteiger partial charge is 0.336 e. The molecule has 7 nitrogen and oxygen atoms in total. The lowest BCUT2D eigenvalue weighted by Gasteiger charge is -2.14. The lowest BCUT2D eigenvalue weighted by Crippen LogP contribution is -2.27. The second-order valence-corrected chi connectivity index (χ2v) is 5.87. The molecule has 3 N–H and O–H groups in total. The van der Waals surface area contributed by atoms with Crippen LogP contribution in [0, 0.1) is 0 Å². The number of carbonyl (C=O) groups excluding carboxylic acids is 3. The second kappa shape index (κ2) is 7.69. The highest BCUT2D eigenvalue weighted by Crippen LogP contribution is 2.20. The van der Waals surface area contributed by atoms with Gasteiger partial charge in [0.2, 0.25) is 5.91 Å². The summed E-state index contributed by atoms with van der Waals surface area (Å²) in [6, 6.07) is 13.7. The lowest BCUT2D eigenvalue weighted by molar-refractivity contribution is -0.115. The van der Waals surface area contributed by atoms with E-state index in [9.17, 15) is 14.4 Å². The van der Waals surface area contributed by atoms with Crippen molar-refractivity contribution in [1.82, 2.24) is 5.32 Å². The summed E-state index contributed by atoms with van der Waals surface area (Å²) in [5, 5.41) is 8.29. The minimum atomic E-state index is -0.274. The number of anilines is 3. The summed E-state index contributed by atoms with van der Waals surface area (Å²) in [7, 11) is 0. The molecule has 0 saturated carbocycles. The molecule has 0 radical (unpaired) electrons. The molecule has 0 bridgehead atoms. The molecular formula is C19H20N4O3. The predicted molar refractivity (Wildman–Crippen MR) is 101 cm³/mol. The molecule has 0 spiro atoms. The highest BCUT2D eigenvalue weighted by atomic mass is 16.2. The van der Waals surface area contributed by atoms with E-state index in [2.05, 4.69) is 16.0 Å². The lowest BCUT2D eigenvalue weighted by atomic mass is 10.1. The summed E-state index contributed by atoms with van der Waals surface area (Å²) in [5.74, 6) is -0.381. The smallest absolute Gasteiger partial charge is 0.321 e. The Morgan fingerprint density at radius 2 is 1.85 bits per heavy atom. The second-order valence-electron chi connectivity index (χ2n) is 5.87. The maximum atomic E-state index is 12.4. The zero-order chi connectivity index (χ0) is 18.5.